The third-order valence-corrected chi connectivity index (χ3v) is 2.69. The van der Waals surface area contributed by atoms with Gasteiger partial charge in [0.25, 0.3) is 5.56 Å². The van der Waals surface area contributed by atoms with Crippen LogP contribution in [0.3, 0.4) is 0 Å². The summed E-state index contributed by atoms with van der Waals surface area (Å²) in [7, 11) is 0. The number of nitriles is 1. The number of anilines is 1. The molecule has 0 spiro atoms. The van der Waals surface area contributed by atoms with E-state index in [9.17, 15) is 4.79 Å². The highest BCUT2D eigenvalue weighted by atomic mass is 16.1. The molecule has 0 saturated heterocycles. The van der Waals surface area contributed by atoms with Crippen molar-refractivity contribution < 1.29 is 1.43 Å². The Labute approximate surface area is 111 Å². The van der Waals surface area contributed by atoms with E-state index in [0.717, 1.165) is 6.54 Å². The number of aromatic amines is 1. The molecule has 1 aromatic heterocycles. The molecule has 2 N–H and O–H groups in total. The molecule has 2 rings (SSSR count). The fourth-order valence-corrected chi connectivity index (χ4v) is 1.81. The molecule has 0 aliphatic heterocycles. The summed E-state index contributed by atoms with van der Waals surface area (Å²) in [5.74, 6) is 0. The molecule has 1 saturated carbocycles. The minimum atomic E-state index is -0.0654. The van der Waals surface area contributed by atoms with Crippen molar-refractivity contribution in [3.05, 3.63) is 28.7 Å². The van der Waals surface area contributed by atoms with E-state index < -0.39 is 0 Å². The molecular formula is C14H25N3O. The van der Waals surface area contributed by atoms with E-state index in [1.807, 2.05) is 6.92 Å². The Morgan fingerprint density at radius 2 is 1.78 bits per heavy atom. The van der Waals surface area contributed by atoms with Gasteiger partial charge < -0.3 is 10.3 Å². The summed E-state index contributed by atoms with van der Waals surface area (Å²) in [5.41, 5.74) is 0.564. The molecule has 4 heteroatoms. The van der Waals surface area contributed by atoms with Crippen LogP contribution in [0.4, 0.5) is 5.69 Å². The lowest BCUT2D eigenvalue weighted by molar-refractivity contribution is 0.504. The summed E-state index contributed by atoms with van der Waals surface area (Å²) < 4.78 is 0. The van der Waals surface area contributed by atoms with Gasteiger partial charge in [-0.25, -0.2) is 5.26 Å². The predicted octanol–water partition coefficient (Wildman–Crippen LogP) is 3.53. The maximum Gasteiger partial charge on any atom is 0.271 e. The third-order valence-electron chi connectivity index (χ3n) is 2.69. The molecule has 18 heavy (non-hydrogen) atoms. The predicted molar refractivity (Wildman–Crippen MR) is 77.7 cm³/mol. The first-order chi connectivity index (χ1) is 8.84. The Bertz CT molecular complexity index is 361. The lowest BCUT2D eigenvalue weighted by atomic mass is 10.0. The maximum absolute atomic E-state index is 10.9. The SMILES string of the molecule is C#N.C1CCCCC1.CCNc1ccc[nH]c1=O.[HH]. The van der Waals surface area contributed by atoms with Gasteiger partial charge in [-0.1, -0.05) is 38.5 Å². The Morgan fingerprint density at radius 3 is 2.17 bits per heavy atom. The molecule has 0 bridgehead atoms. The minimum Gasteiger partial charge on any atom is -0.381 e. The zero-order valence-electron chi connectivity index (χ0n) is 11.1. The minimum absolute atomic E-state index is 0. The van der Waals surface area contributed by atoms with Crippen molar-refractivity contribution in [1.82, 2.24) is 4.98 Å². The first-order valence-corrected chi connectivity index (χ1v) is 6.52. The van der Waals surface area contributed by atoms with Gasteiger partial charge in [0, 0.05) is 20.7 Å². The summed E-state index contributed by atoms with van der Waals surface area (Å²) in [6.07, 6.45) is 10.6. The number of rotatable bonds is 2. The maximum atomic E-state index is 10.9. The topological polar surface area (TPSA) is 68.7 Å². The molecule has 0 radical (unpaired) electrons. The van der Waals surface area contributed by atoms with Crippen molar-refractivity contribution in [2.75, 3.05) is 11.9 Å². The zero-order chi connectivity index (χ0) is 13.6. The first kappa shape index (κ1) is 16.2. The van der Waals surface area contributed by atoms with Gasteiger partial charge in [-0.2, -0.15) is 0 Å². The second kappa shape index (κ2) is 11.7. The van der Waals surface area contributed by atoms with Gasteiger partial charge in [0.1, 0.15) is 5.69 Å². The molecule has 1 fully saturated rings. The van der Waals surface area contributed by atoms with Crippen LogP contribution in [-0.4, -0.2) is 11.5 Å². The van der Waals surface area contributed by atoms with Gasteiger partial charge in [-0.05, 0) is 19.1 Å². The highest BCUT2D eigenvalue weighted by molar-refractivity contribution is 5.39. The van der Waals surface area contributed by atoms with E-state index in [1.165, 1.54) is 38.5 Å². The van der Waals surface area contributed by atoms with Gasteiger partial charge in [0.2, 0.25) is 0 Å². The average molecular weight is 251 g/mol. The summed E-state index contributed by atoms with van der Waals surface area (Å²) in [6.45, 7) is 6.22. The quantitative estimate of drug-likeness (QED) is 0.844. The van der Waals surface area contributed by atoms with Crippen LogP contribution in [-0.2, 0) is 0 Å². The van der Waals surface area contributed by atoms with Crippen LogP contribution in [0.1, 0.15) is 46.9 Å². The first-order valence-electron chi connectivity index (χ1n) is 6.52. The second-order valence-corrected chi connectivity index (χ2v) is 4.06. The third kappa shape index (κ3) is 7.50. The lowest BCUT2D eigenvalue weighted by Gasteiger charge is -2.05. The Balaban J connectivity index is 0. The van der Waals surface area contributed by atoms with Crippen LogP contribution < -0.4 is 10.9 Å². The normalized spacial score (nSPS) is 13.3. The highest BCUT2D eigenvalue weighted by Gasteiger charge is 1.95. The Hall–Kier alpha value is -1.76. The summed E-state index contributed by atoms with van der Waals surface area (Å²) >= 11 is 0. The van der Waals surface area contributed by atoms with E-state index in [2.05, 4.69) is 16.9 Å². The molecule has 1 aliphatic carbocycles. The van der Waals surface area contributed by atoms with Gasteiger partial charge in [0.15, 0.2) is 0 Å². The van der Waals surface area contributed by atoms with Crippen molar-refractivity contribution in [1.29, 1.82) is 5.26 Å². The number of H-pyrrole nitrogens is 1. The van der Waals surface area contributed by atoms with Crippen molar-refractivity contribution in [2.24, 2.45) is 0 Å². The number of pyridine rings is 1. The molecule has 0 unspecified atom stereocenters. The number of nitrogens with zero attached hydrogens (tertiary/aromatic N) is 1. The average Bonchev–Trinajstić information content (AvgIpc) is 2.46. The van der Waals surface area contributed by atoms with Gasteiger partial charge in [-0.15, -0.1) is 0 Å². The van der Waals surface area contributed by atoms with Crippen LogP contribution in [0.2, 0.25) is 0 Å². The standard InChI is InChI=1S/C7H10N2O.C6H12.CHN.H2/c1-2-8-6-4-3-5-9-7(6)10;1-2-4-6-5-3-1;1-2;/h3-5,8H,2H2,1H3,(H,9,10);1-6H2;1H;1H. The van der Waals surface area contributed by atoms with E-state index in [1.54, 1.807) is 18.3 Å². The van der Waals surface area contributed by atoms with E-state index >= 15 is 0 Å². The smallest absolute Gasteiger partial charge is 0.271 e. The van der Waals surface area contributed by atoms with Crippen molar-refractivity contribution >= 4 is 5.69 Å². The molecule has 4 nitrogen and oxygen atoms in total. The van der Waals surface area contributed by atoms with Gasteiger partial charge in [-0.3, -0.25) is 4.79 Å². The van der Waals surface area contributed by atoms with Gasteiger partial charge >= 0.3 is 0 Å². The van der Waals surface area contributed by atoms with Crippen LogP contribution in [0.15, 0.2) is 23.1 Å². The molecule has 102 valence electrons. The number of hydrogen-bond donors (Lipinski definition) is 2. The number of aromatic nitrogens is 1. The van der Waals surface area contributed by atoms with E-state index in [4.69, 9.17) is 5.26 Å². The molecular weight excluding hydrogens is 226 g/mol. The van der Waals surface area contributed by atoms with Crippen molar-refractivity contribution in [3.8, 4) is 6.57 Å². The van der Waals surface area contributed by atoms with Crippen LogP contribution in [0.25, 0.3) is 0 Å². The fraction of sp³-hybridized carbons (Fsp3) is 0.571. The Kier molecular flexibility index (Phi) is 10.6. The fourth-order valence-electron chi connectivity index (χ4n) is 1.81. The summed E-state index contributed by atoms with van der Waals surface area (Å²) in [5, 5.41) is 9.43. The zero-order valence-corrected chi connectivity index (χ0v) is 11.1. The van der Waals surface area contributed by atoms with Crippen LogP contribution in [0, 0.1) is 11.8 Å². The number of hydrogen-bond acceptors (Lipinski definition) is 3. The van der Waals surface area contributed by atoms with E-state index in [-0.39, 0.29) is 6.99 Å². The molecule has 1 aliphatic rings. The van der Waals surface area contributed by atoms with Crippen molar-refractivity contribution in [2.45, 2.75) is 45.4 Å². The summed E-state index contributed by atoms with van der Waals surface area (Å²) in [4.78, 5) is 13.5. The largest absolute Gasteiger partial charge is 0.381 e. The lowest BCUT2D eigenvalue weighted by Crippen LogP contribution is -2.12. The monoisotopic (exact) mass is 251 g/mol. The van der Waals surface area contributed by atoms with Gasteiger partial charge in [0.05, 0.1) is 0 Å². The number of nitrogens with one attached hydrogen (secondary N) is 2. The van der Waals surface area contributed by atoms with E-state index in [0.29, 0.717) is 5.69 Å². The molecule has 0 atom stereocenters. The highest BCUT2D eigenvalue weighted by Crippen LogP contribution is 2.15. The second-order valence-electron chi connectivity index (χ2n) is 4.06. The summed E-state index contributed by atoms with van der Waals surface area (Å²) in [6, 6.07) is 3.54. The van der Waals surface area contributed by atoms with Crippen LogP contribution >= 0.6 is 0 Å². The molecule has 0 aromatic carbocycles. The van der Waals surface area contributed by atoms with Crippen LogP contribution in [0.5, 0.6) is 0 Å². The van der Waals surface area contributed by atoms with Crippen molar-refractivity contribution in [3.63, 3.8) is 0 Å². The molecule has 1 aromatic rings. The molecule has 0 amide bonds. The Morgan fingerprint density at radius 1 is 1.28 bits per heavy atom. The molecule has 1 heterocycles.